The van der Waals surface area contributed by atoms with Gasteiger partial charge in [0.15, 0.2) is 0 Å². The Morgan fingerprint density at radius 1 is 1.41 bits per heavy atom. The number of aromatic nitrogens is 2. The van der Waals surface area contributed by atoms with Crippen LogP contribution in [0.4, 0.5) is 17.6 Å². The molecule has 1 aromatic rings. The molecule has 2 heterocycles. The first-order valence-corrected chi connectivity index (χ1v) is 4.90. The maximum absolute atomic E-state index is 11.6. The van der Waals surface area contributed by atoms with Gasteiger partial charge in [-0.2, -0.15) is 9.97 Å². The molecule has 5 N–H and O–H groups in total. The van der Waals surface area contributed by atoms with Crippen LogP contribution in [-0.2, 0) is 9.59 Å². The molecule has 0 radical (unpaired) electrons. The van der Waals surface area contributed by atoms with E-state index in [1.165, 1.54) is 11.0 Å². The van der Waals surface area contributed by atoms with Crippen molar-refractivity contribution in [2.24, 2.45) is 5.92 Å². The number of carbonyl (C=O) groups excluding carboxylic acids is 1. The average molecular weight is 237 g/mol. The van der Waals surface area contributed by atoms with Crippen molar-refractivity contribution in [1.29, 1.82) is 0 Å². The number of carbonyl (C=O) groups is 2. The molecule has 0 aliphatic carbocycles. The van der Waals surface area contributed by atoms with Crippen molar-refractivity contribution in [1.82, 2.24) is 9.97 Å². The topological polar surface area (TPSA) is 135 Å². The van der Waals surface area contributed by atoms with E-state index in [1.54, 1.807) is 0 Å². The van der Waals surface area contributed by atoms with E-state index < -0.39 is 11.9 Å². The summed E-state index contributed by atoms with van der Waals surface area (Å²) in [6.07, 6.45) is -0.0621. The summed E-state index contributed by atoms with van der Waals surface area (Å²) in [5.41, 5.74) is 11.0. The highest BCUT2D eigenvalue weighted by atomic mass is 16.4. The normalized spacial score (nSPS) is 19.6. The number of amides is 1. The minimum absolute atomic E-state index is 0.0387. The summed E-state index contributed by atoms with van der Waals surface area (Å²) in [5, 5.41) is 8.84. The molecule has 0 saturated carbocycles. The van der Waals surface area contributed by atoms with Gasteiger partial charge in [-0.05, 0) is 0 Å². The Morgan fingerprint density at radius 3 is 2.47 bits per heavy atom. The van der Waals surface area contributed by atoms with Crippen molar-refractivity contribution < 1.29 is 14.7 Å². The molecule has 0 aromatic carbocycles. The standard InChI is InChI=1S/C9H11N5O3/c10-5-2-6(11)13-9(12-5)14-3-4(8(16)17)1-7(14)15/h2,4H,1,3H2,(H,16,17)(H4,10,11,12,13). The number of nitrogen functional groups attached to an aromatic ring is 2. The third-order valence-electron chi connectivity index (χ3n) is 2.47. The number of nitrogens with two attached hydrogens (primary N) is 2. The van der Waals surface area contributed by atoms with Gasteiger partial charge in [0.2, 0.25) is 11.9 Å². The number of anilines is 3. The van der Waals surface area contributed by atoms with Crippen LogP contribution in [0.1, 0.15) is 6.42 Å². The van der Waals surface area contributed by atoms with E-state index in [1.807, 2.05) is 0 Å². The van der Waals surface area contributed by atoms with Crippen molar-refractivity contribution in [2.45, 2.75) is 6.42 Å². The van der Waals surface area contributed by atoms with Gasteiger partial charge in [-0.15, -0.1) is 0 Å². The lowest BCUT2D eigenvalue weighted by Crippen LogP contribution is -2.28. The quantitative estimate of drug-likeness (QED) is 0.605. The van der Waals surface area contributed by atoms with Crippen LogP contribution in [-0.4, -0.2) is 33.5 Å². The van der Waals surface area contributed by atoms with Crippen LogP contribution in [0.3, 0.4) is 0 Å². The molecule has 1 unspecified atom stereocenters. The third-order valence-corrected chi connectivity index (χ3v) is 2.47. The number of rotatable bonds is 2. The largest absolute Gasteiger partial charge is 0.481 e. The first-order valence-electron chi connectivity index (χ1n) is 4.90. The van der Waals surface area contributed by atoms with Crippen LogP contribution in [0.15, 0.2) is 6.07 Å². The molecule has 1 fully saturated rings. The lowest BCUT2D eigenvalue weighted by Gasteiger charge is -2.14. The summed E-state index contributed by atoms with van der Waals surface area (Å²) >= 11 is 0. The van der Waals surface area contributed by atoms with Crippen molar-refractivity contribution >= 4 is 29.5 Å². The van der Waals surface area contributed by atoms with Crippen LogP contribution in [0.2, 0.25) is 0 Å². The van der Waals surface area contributed by atoms with E-state index in [0.717, 1.165) is 0 Å². The Morgan fingerprint density at radius 2 is 2.00 bits per heavy atom. The highest BCUT2D eigenvalue weighted by molar-refractivity contribution is 5.98. The molecule has 1 aliphatic rings. The van der Waals surface area contributed by atoms with E-state index in [2.05, 4.69) is 9.97 Å². The van der Waals surface area contributed by atoms with Gasteiger partial charge in [-0.25, -0.2) is 0 Å². The fourth-order valence-corrected chi connectivity index (χ4v) is 1.66. The Kier molecular flexibility index (Phi) is 2.54. The summed E-state index contributed by atoms with van der Waals surface area (Å²) in [6.45, 7) is 0.0387. The molecular formula is C9H11N5O3. The molecule has 1 amide bonds. The maximum Gasteiger partial charge on any atom is 0.308 e. The minimum atomic E-state index is -1.02. The van der Waals surface area contributed by atoms with Gasteiger partial charge < -0.3 is 16.6 Å². The van der Waals surface area contributed by atoms with E-state index in [9.17, 15) is 9.59 Å². The summed E-state index contributed by atoms with van der Waals surface area (Å²) in [7, 11) is 0. The fourth-order valence-electron chi connectivity index (χ4n) is 1.66. The SMILES string of the molecule is Nc1cc(N)nc(N2CC(C(=O)O)CC2=O)n1. The number of aliphatic carboxylic acids is 1. The molecule has 2 rings (SSSR count). The molecule has 1 aliphatic heterocycles. The van der Waals surface area contributed by atoms with E-state index >= 15 is 0 Å². The van der Waals surface area contributed by atoms with Gasteiger partial charge in [0.1, 0.15) is 11.6 Å². The molecule has 8 nitrogen and oxygen atoms in total. The zero-order valence-electron chi connectivity index (χ0n) is 8.83. The number of nitrogens with zero attached hydrogens (tertiary/aromatic N) is 3. The van der Waals surface area contributed by atoms with Crippen molar-refractivity contribution in [3.05, 3.63) is 6.07 Å². The number of hydrogen-bond donors (Lipinski definition) is 3. The van der Waals surface area contributed by atoms with Gasteiger partial charge in [0, 0.05) is 19.0 Å². The highest BCUT2D eigenvalue weighted by Crippen LogP contribution is 2.23. The molecule has 1 saturated heterocycles. The van der Waals surface area contributed by atoms with Crippen LogP contribution in [0, 0.1) is 5.92 Å². The molecular weight excluding hydrogens is 226 g/mol. The molecule has 8 heteroatoms. The predicted molar refractivity (Wildman–Crippen MR) is 59.0 cm³/mol. The highest BCUT2D eigenvalue weighted by Gasteiger charge is 2.36. The lowest BCUT2D eigenvalue weighted by atomic mass is 10.1. The molecule has 0 bridgehead atoms. The summed E-state index contributed by atoms with van der Waals surface area (Å²) < 4.78 is 0. The Balaban J connectivity index is 2.28. The Bertz CT molecular complexity index is 469. The van der Waals surface area contributed by atoms with E-state index in [0.29, 0.717) is 0 Å². The number of carboxylic acid groups (broad SMARTS) is 1. The van der Waals surface area contributed by atoms with Gasteiger partial charge in [0.25, 0.3) is 0 Å². The second-order valence-corrected chi connectivity index (χ2v) is 3.76. The predicted octanol–water partition coefficient (Wildman–Crippen LogP) is -0.922. The molecule has 17 heavy (non-hydrogen) atoms. The van der Waals surface area contributed by atoms with Crippen LogP contribution >= 0.6 is 0 Å². The number of hydrogen-bond acceptors (Lipinski definition) is 6. The van der Waals surface area contributed by atoms with Crippen LogP contribution in [0.5, 0.6) is 0 Å². The smallest absolute Gasteiger partial charge is 0.308 e. The molecule has 0 spiro atoms. The minimum Gasteiger partial charge on any atom is -0.481 e. The monoisotopic (exact) mass is 237 g/mol. The second-order valence-electron chi connectivity index (χ2n) is 3.76. The van der Waals surface area contributed by atoms with Crippen molar-refractivity contribution in [3.63, 3.8) is 0 Å². The van der Waals surface area contributed by atoms with E-state index in [-0.39, 0.29) is 36.5 Å². The Hall–Kier alpha value is -2.38. The molecule has 1 atom stereocenters. The third kappa shape index (κ3) is 2.10. The fraction of sp³-hybridized carbons (Fsp3) is 0.333. The number of carboxylic acids is 1. The molecule has 1 aromatic heterocycles. The van der Waals surface area contributed by atoms with Gasteiger partial charge in [-0.3, -0.25) is 14.5 Å². The van der Waals surface area contributed by atoms with Crippen LogP contribution in [0.25, 0.3) is 0 Å². The first-order chi connectivity index (χ1) is 7.97. The average Bonchev–Trinajstić information content (AvgIpc) is 2.59. The van der Waals surface area contributed by atoms with Gasteiger partial charge >= 0.3 is 5.97 Å². The van der Waals surface area contributed by atoms with E-state index in [4.69, 9.17) is 16.6 Å². The molecule has 90 valence electrons. The summed E-state index contributed by atoms with van der Waals surface area (Å²) in [6, 6.07) is 1.36. The zero-order valence-corrected chi connectivity index (χ0v) is 8.83. The maximum atomic E-state index is 11.6. The van der Waals surface area contributed by atoms with Gasteiger partial charge in [-0.1, -0.05) is 0 Å². The lowest BCUT2D eigenvalue weighted by molar-refractivity contribution is -0.141. The van der Waals surface area contributed by atoms with Gasteiger partial charge in [0.05, 0.1) is 5.92 Å². The van der Waals surface area contributed by atoms with Crippen molar-refractivity contribution in [2.75, 3.05) is 22.9 Å². The van der Waals surface area contributed by atoms with Crippen LogP contribution < -0.4 is 16.4 Å². The van der Waals surface area contributed by atoms with Crippen molar-refractivity contribution in [3.8, 4) is 0 Å². The summed E-state index contributed by atoms with van der Waals surface area (Å²) in [4.78, 5) is 31.3. The zero-order chi connectivity index (χ0) is 12.6. The first kappa shape index (κ1) is 11.1. The Labute approximate surface area is 96.2 Å². The second kappa shape index (κ2) is 3.89. The summed E-state index contributed by atoms with van der Waals surface area (Å²) in [5.74, 6) is -1.77.